The number of hydrogen-bond acceptors (Lipinski definition) is 5. The van der Waals surface area contributed by atoms with Gasteiger partial charge in [-0.3, -0.25) is 9.53 Å². The lowest BCUT2D eigenvalue weighted by molar-refractivity contribution is -0.357. The third kappa shape index (κ3) is 9.29. The van der Waals surface area contributed by atoms with E-state index in [2.05, 4.69) is 21.9 Å². The van der Waals surface area contributed by atoms with Gasteiger partial charge in [0.1, 0.15) is 11.6 Å². The molecule has 0 aliphatic heterocycles. The Morgan fingerprint density at radius 2 is 1.97 bits per heavy atom. The molecule has 0 unspecified atom stereocenters. The molecule has 0 radical (unpaired) electrons. The number of benzene rings is 1. The Bertz CT molecular complexity index is 727. The lowest BCUT2D eigenvalue weighted by atomic mass is 9.92. The van der Waals surface area contributed by atoms with E-state index >= 15 is 0 Å². The van der Waals surface area contributed by atoms with Gasteiger partial charge in [0.15, 0.2) is 6.61 Å². The van der Waals surface area contributed by atoms with Crippen LogP contribution in [0.2, 0.25) is 5.02 Å². The number of hydrogen-bond donors (Lipinski definition) is 2. The van der Waals surface area contributed by atoms with E-state index in [0.717, 1.165) is 6.07 Å². The van der Waals surface area contributed by atoms with E-state index in [1.807, 2.05) is 0 Å². The second kappa shape index (κ2) is 11.5. The zero-order valence-electron chi connectivity index (χ0n) is 16.1. The van der Waals surface area contributed by atoms with Crippen LogP contribution >= 0.6 is 11.6 Å². The average molecular weight is 455 g/mol. The average Bonchev–Trinajstić information content (AvgIpc) is 2.62. The first-order valence-electron chi connectivity index (χ1n) is 9.24. The quantitative estimate of drug-likeness (QED) is 0.373. The molecule has 0 spiro atoms. The molecule has 1 amide bonds. The monoisotopic (exact) mass is 454 g/mol. The maximum atomic E-state index is 13.3. The summed E-state index contributed by atoms with van der Waals surface area (Å²) in [5, 5.41) is 5.61. The standard InChI is InChI=1S/C19H23ClF4N2O4/c1-12(26-18(27)11-29-13-2-3-16(20)17(21)10-13)4-5-25-6-7-28-14-8-15(9-14)30-19(22,23)24/h2-3,10,14-15,25H,1,4-9,11H2,(H,26,27). The lowest BCUT2D eigenvalue weighted by Crippen LogP contribution is -2.41. The summed E-state index contributed by atoms with van der Waals surface area (Å²) < 4.78 is 63.8. The van der Waals surface area contributed by atoms with Gasteiger partial charge in [-0.1, -0.05) is 18.2 Å². The molecular weight excluding hydrogens is 432 g/mol. The zero-order chi connectivity index (χ0) is 22.1. The molecule has 1 aromatic rings. The number of rotatable bonds is 12. The first-order valence-corrected chi connectivity index (χ1v) is 9.62. The third-order valence-corrected chi connectivity index (χ3v) is 4.47. The molecule has 168 valence electrons. The van der Waals surface area contributed by atoms with E-state index < -0.39 is 24.2 Å². The smallest absolute Gasteiger partial charge is 0.484 e. The van der Waals surface area contributed by atoms with Crippen molar-refractivity contribution >= 4 is 17.5 Å². The Kier molecular flexibility index (Phi) is 9.35. The predicted octanol–water partition coefficient (Wildman–Crippen LogP) is 3.55. The van der Waals surface area contributed by atoms with Gasteiger partial charge in [-0.05, 0) is 18.6 Å². The van der Waals surface area contributed by atoms with Crippen LogP contribution in [0, 0.1) is 5.82 Å². The van der Waals surface area contributed by atoms with Crippen molar-refractivity contribution < 1.29 is 36.6 Å². The SMILES string of the molecule is C=C(CCNCCOC1CC(OC(F)(F)F)C1)NC(=O)COc1ccc(Cl)c(F)c1. The molecule has 11 heteroatoms. The van der Waals surface area contributed by atoms with Gasteiger partial charge in [-0.2, -0.15) is 0 Å². The van der Waals surface area contributed by atoms with Crippen molar-refractivity contribution in [2.75, 3.05) is 26.3 Å². The van der Waals surface area contributed by atoms with Gasteiger partial charge < -0.3 is 20.1 Å². The molecule has 0 bridgehead atoms. The number of ether oxygens (including phenoxy) is 3. The van der Waals surface area contributed by atoms with E-state index in [9.17, 15) is 22.4 Å². The maximum absolute atomic E-state index is 13.3. The van der Waals surface area contributed by atoms with Crippen molar-refractivity contribution in [3.63, 3.8) is 0 Å². The van der Waals surface area contributed by atoms with Gasteiger partial charge in [-0.15, -0.1) is 13.2 Å². The van der Waals surface area contributed by atoms with Gasteiger partial charge in [-0.25, -0.2) is 4.39 Å². The second-order valence-corrected chi connectivity index (χ2v) is 7.07. The van der Waals surface area contributed by atoms with Crippen LogP contribution in [0.5, 0.6) is 5.75 Å². The fourth-order valence-corrected chi connectivity index (χ4v) is 2.73. The molecule has 0 saturated heterocycles. The van der Waals surface area contributed by atoms with Gasteiger partial charge in [0, 0.05) is 37.7 Å². The molecule has 0 aromatic heterocycles. The summed E-state index contributed by atoms with van der Waals surface area (Å²) in [6.07, 6.45) is -4.72. The number of alkyl halides is 3. The third-order valence-electron chi connectivity index (χ3n) is 4.17. The Hall–Kier alpha value is -1.88. The van der Waals surface area contributed by atoms with Crippen molar-refractivity contribution in [3.05, 3.63) is 41.3 Å². The number of amides is 1. The molecule has 1 aliphatic carbocycles. The van der Waals surface area contributed by atoms with Crippen LogP contribution in [-0.4, -0.2) is 50.8 Å². The first kappa shape index (κ1) is 24.4. The first-order chi connectivity index (χ1) is 14.1. The summed E-state index contributed by atoms with van der Waals surface area (Å²) >= 11 is 5.57. The van der Waals surface area contributed by atoms with Gasteiger partial charge in [0.25, 0.3) is 5.91 Å². The minimum Gasteiger partial charge on any atom is -0.484 e. The van der Waals surface area contributed by atoms with Crippen molar-refractivity contribution in [2.45, 2.75) is 37.8 Å². The minimum absolute atomic E-state index is 0.0366. The highest BCUT2D eigenvalue weighted by Gasteiger charge is 2.40. The van der Waals surface area contributed by atoms with Gasteiger partial charge in [0.05, 0.1) is 23.8 Å². The van der Waals surface area contributed by atoms with Crippen LogP contribution in [0.25, 0.3) is 0 Å². The second-order valence-electron chi connectivity index (χ2n) is 6.67. The molecule has 1 aromatic carbocycles. The zero-order valence-corrected chi connectivity index (χ0v) is 16.8. The highest BCUT2D eigenvalue weighted by molar-refractivity contribution is 6.30. The van der Waals surface area contributed by atoms with Crippen LogP contribution in [0.15, 0.2) is 30.5 Å². The molecule has 2 rings (SSSR count). The predicted molar refractivity (Wildman–Crippen MR) is 102 cm³/mol. The fourth-order valence-electron chi connectivity index (χ4n) is 2.61. The van der Waals surface area contributed by atoms with Crippen LogP contribution in [0.4, 0.5) is 17.6 Å². The highest BCUT2D eigenvalue weighted by Crippen LogP contribution is 2.31. The van der Waals surface area contributed by atoms with Crippen molar-refractivity contribution in [1.82, 2.24) is 10.6 Å². The molecular formula is C19H23ClF4N2O4. The molecule has 0 atom stereocenters. The van der Waals surface area contributed by atoms with Gasteiger partial charge in [0.2, 0.25) is 0 Å². The Labute approximate surface area is 176 Å². The summed E-state index contributed by atoms with van der Waals surface area (Å²) in [7, 11) is 0. The Morgan fingerprint density at radius 1 is 1.23 bits per heavy atom. The summed E-state index contributed by atoms with van der Waals surface area (Å²) in [6, 6.07) is 3.87. The van der Waals surface area contributed by atoms with Crippen LogP contribution < -0.4 is 15.4 Å². The minimum atomic E-state index is -4.60. The summed E-state index contributed by atoms with van der Waals surface area (Å²) in [5.74, 6) is -0.887. The van der Waals surface area contributed by atoms with Crippen LogP contribution in [0.1, 0.15) is 19.3 Å². The van der Waals surface area contributed by atoms with E-state index in [1.165, 1.54) is 12.1 Å². The van der Waals surface area contributed by atoms with E-state index in [4.69, 9.17) is 21.1 Å². The normalized spacial score (nSPS) is 18.6. The summed E-state index contributed by atoms with van der Waals surface area (Å²) in [5.41, 5.74) is 0.477. The Morgan fingerprint density at radius 3 is 2.63 bits per heavy atom. The van der Waals surface area contributed by atoms with Crippen molar-refractivity contribution in [3.8, 4) is 5.75 Å². The van der Waals surface area contributed by atoms with Crippen LogP contribution in [-0.2, 0) is 14.3 Å². The topological polar surface area (TPSA) is 68.8 Å². The van der Waals surface area contributed by atoms with E-state index in [-0.39, 0.29) is 36.3 Å². The Balaban J connectivity index is 1.46. The molecule has 6 nitrogen and oxygen atoms in total. The molecule has 1 aliphatic rings. The summed E-state index contributed by atoms with van der Waals surface area (Å²) in [4.78, 5) is 11.8. The van der Waals surface area contributed by atoms with Crippen LogP contribution in [0.3, 0.4) is 0 Å². The summed E-state index contributed by atoms with van der Waals surface area (Å²) in [6.45, 7) is 4.82. The molecule has 1 saturated carbocycles. The number of nitrogens with one attached hydrogen (secondary N) is 2. The van der Waals surface area contributed by atoms with E-state index in [1.54, 1.807) is 0 Å². The van der Waals surface area contributed by atoms with Crippen molar-refractivity contribution in [2.24, 2.45) is 0 Å². The molecule has 30 heavy (non-hydrogen) atoms. The van der Waals surface area contributed by atoms with Gasteiger partial charge >= 0.3 is 6.36 Å². The van der Waals surface area contributed by atoms with Crippen molar-refractivity contribution in [1.29, 1.82) is 0 Å². The fraction of sp³-hybridized carbons (Fsp3) is 0.526. The molecule has 2 N–H and O–H groups in total. The number of halogens is 5. The maximum Gasteiger partial charge on any atom is 0.522 e. The molecule has 1 fully saturated rings. The molecule has 0 heterocycles. The lowest BCUT2D eigenvalue weighted by Gasteiger charge is -2.35. The number of carbonyl (C=O) groups excluding carboxylic acids is 1. The largest absolute Gasteiger partial charge is 0.522 e. The highest BCUT2D eigenvalue weighted by atomic mass is 35.5. The number of carbonyl (C=O) groups is 1. The van der Waals surface area contributed by atoms with E-state index in [0.29, 0.717) is 31.8 Å².